The number of carbonyl (C=O) groups excluding carboxylic acids is 1. The predicted octanol–water partition coefficient (Wildman–Crippen LogP) is 5.35. The predicted molar refractivity (Wildman–Crippen MR) is 79.7 cm³/mol. The minimum absolute atomic E-state index is 0.225. The lowest BCUT2D eigenvalue weighted by molar-refractivity contribution is -0.151. The van der Waals surface area contributed by atoms with Crippen LogP contribution in [0.25, 0.3) is 0 Å². The van der Waals surface area contributed by atoms with Crippen molar-refractivity contribution in [2.45, 2.75) is 93.1 Å². The summed E-state index contributed by atoms with van der Waals surface area (Å²) in [6.07, 6.45) is 7.31. The molecule has 2 nitrogen and oxygen atoms in total. The van der Waals surface area contributed by atoms with Crippen molar-refractivity contribution < 1.29 is 9.53 Å². The maximum absolute atomic E-state index is 10.2. The Balaban J connectivity index is 0. The maximum atomic E-state index is 10.2. The zero-order valence-electron chi connectivity index (χ0n) is 13.9. The van der Waals surface area contributed by atoms with Crippen LogP contribution in [0.1, 0.15) is 87.5 Å². The molecule has 0 aromatic rings. The second kappa shape index (κ2) is 9.41. The summed E-state index contributed by atoms with van der Waals surface area (Å²) in [5.74, 6) is -0.225. The summed E-state index contributed by atoms with van der Waals surface area (Å²) >= 11 is 0. The summed E-state index contributed by atoms with van der Waals surface area (Å²) in [6.45, 7) is 15.7. The van der Waals surface area contributed by atoms with Gasteiger partial charge in [0.15, 0.2) is 0 Å². The molecule has 1 fully saturated rings. The molecule has 1 aliphatic rings. The molecule has 1 rings (SSSR count). The first-order chi connectivity index (χ1) is 8.12. The molecule has 0 heterocycles. The van der Waals surface area contributed by atoms with Gasteiger partial charge in [0, 0.05) is 6.92 Å². The van der Waals surface area contributed by atoms with Gasteiger partial charge < -0.3 is 4.74 Å². The number of carbonyl (C=O) groups is 1. The van der Waals surface area contributed by atoms with Crippen LogP contribution in [0.2, 0.25) is 0 Å². The number of rotatable bonds is 0. The highest BCUT2D eigenvalue weighted by Gasteiger charge is 2.19. The highest BCUT2D eigenvalue weighted by Crippen LogP contribution is 2.34. The third-order valence-electron chi connectivity index (χ3n) is 2.66. The van der Waals surface area contributed by atoms with Gasteiger partial charge in [0.1, 0.15) is 5.60 Å². The van der Waals surface area contributed by atoms with Crippen LogP contribution in [0.15, 0.2) is 0 Å². The van der Waals surface area contributed by atoms with E-state index in [-0.39, 0.29) is 11.6 Å². The molecule has 0 aliphatic heterocycles. The highest BCUT2D eigenvalue weighted by molar-refractivity contribution is 5.66. The van der Waals surface area contributed by atoms with Crippen molar-refractivity contribution in [1.82, 2.24) is 0 Å². The third-order valence-corrected chi connectivity index (χ3v) is 2.66. The zero-order valence-corrected chi connectivity index (χ0v) is 13.9. The van der Waals surface area contributed by atoms with E-state index >= 15 is 0 Å². The molecule has 0 unspecified atom stereocenters. The topological polar surface area (TPSA) is 26.3 Å². The molecule has 18 heavy (non-hydrogen) atoms. The Kier molecular flexibility index (Phi) is 10.3. The van der Waals surface area contributed by atoms with Gasteiger partial charge in [-0.1, -0.05) is 47.0 Å². The standard InChI is InChI=1S/C8H16.C6H12O2.C2H6/c1-8(2)6-4-3-5-7-8;1-5(7)8-6(2,3)4;1-2/h3-7H2,1-2H3;1-4H3;1-2H3. The maximum Gasteiger partial charge on any atom is 0.303 e. The van der Waals surface area contributed by atoms with Gasteiger partial charge in [0.2, 0.25) is 0 Å². The van der Waals surface area contributed by atoms with Crippen molar-refractivity contribution in [3.05, 3.63) is 0 Å². The fourth-order valence-electron chi connectivity index (χ4n) is 1.94. The second-order valence-corrected chi connectivity index (χ2v) is 6.43. The number of hydrogen-bond donors (Lipinski definition) is 0. The van der Waals surface area contributed by atoms with Gasteiger partial charge in [-0.15, -0.1) is 0 Å². The molecule has 0 aromatic carbocycles. The average molecular weight is 258 g/mol. The van der Waals surface area contributed by atoms with Gasteiger partial charge in [-0.25, -0.2) is 0 Å². The van der Waals surface area contributed by atoms with E-state index in [0.717, 1.165) is 0 Å². The Labute approximate surface area is 114 Å². The summed E-state index contributed by atoms with van der Waals surface area (Å²) in [5.41, 5.74) is 0.351. The monoisotopic (exact) mass is 258 g/mol. The van der Waals surface area contributed by atoms with E-state index in [9.17, 15) is 4.79 Å². The molecule has 0 aromatic heterocycles. The van der Waals surface area contributed by atoms with Crippen LogP contribution in [-0.2, 0) is 9.53 Å². The van der Waals surface area contributed by atoms with E-state index in [0.29, 0.717) is 5.41 Å². The Morgan fingerprint density at radius 1 is 1.00 bits per heavy atom. The van der Waals surface area contributed by atoms with Gasteiger partial charge >= 0.3 is 5.97 Å². The second-order valence-electron chi connectivity index (χ2n) is 6.43. The minimum Gasteiger partial charge on any atom is -0.460 e. The summed E-state index contributed by atoms with van der Waals surface area (Å²) < 4.78 is 4.80. The molecule has 0 radical (unpaired) electrons. The van der Waals surface area contributed by atoms with E-state index < -0.39 is 0 Å². The fourth-order valence-corrected chi connectivity index (χ4v) is 1.94. The SMILES string of the molecule is CC.CC(=O)OC(C)(C)C.CC1(C)CCCCC1. The van der Waals surface area contributed by atoms with Gasteiger partial charge in [0.05, 0.1) is 0 Å². The normalized spacial score (nSPS) is 17.6. The number of ether oxygens (including phenoxy) is 1. The van der Waals surface area contributed by atoms with Gasteiger partial charge in [-0.3, -0.25) is 4.79 Å². The summed E-state index contributed by atoms with van der Waals surface area (Å²) in [5, 5.41) is 0. The molecule has 0 atom stereocenters. The lowest BCUT2D eigenvalue weighted by Crippen LogP contribution is -2.21. The van der Waals surface area contributed by atoms with Crippen LogP contribution in [0.4, 0.5) is 0 Å². The summed E-state index contributed by atoms with van der Waals surface area (Å²) in [6, 6.07) is 0. The Hall–Kier alpha value is -0.530. The molecule has 1 saturated carbocycles. The van der Waals surface area contributed by atoms with E-state index in [1.807, 2.05) is 34.6 Å². The van der Waals surface area contributed by atoms with E-state index in [2.05, 4.69) is 13.8 Å². The molecule has 0 spiro atoms. The molecule has 0 N–H and O–H groups in total. The Bertz CT molecular complexity index is 204. The molecular formula is C16H34O2. The molecule has 110 valence electrons. The smallest absolute Gasteiger partial charge is 0.303 e. The summed E-state index contributed by atoms with van der Waals surface area (Å²) in [7, 11) is 0. The Morgan fingerprint density at radius 3 is 1.50 bits per heavy atom. The molecule has 0 saturated heterocycles. The quantitative estimate of drug-likeness (QED) is 0.547. The molecule has 0 amide bonds. The number of esters is 1. The van der Waals surface area contributed by atoms with Crippen molar-refractivity contribution in [2.24, 2.45) is 5.41 Å². The van der Waals surface area contributed by atoms with Gasteiger partial charge in [-0.05, 0) is 39.0 Å². The van der Waals surface area contributed by atoms with Crippen molar-refractivity contribution in [2.75, 3.05) is 0 Å². The minimum atomic E-state index is -0.328. The lowest BCUT2D eigenvalue weighted by atomic mass is 9.78. The van der Waals surface area contributed by atoms with Crippen LogP contribution >= 0.6 is 0 Å². The first-order valence-corrected chi connectivity index (χ1v) is 7.32. The van der Waals surface area contributed by atoms with Gasteiger partial charge in [-0.2, -0.15) is 0 Å². The largest absolute Gasteiger partial charge is 0.460 e. The van der Waals surface area contributed by atoms with Gasteiger partial charge in [0.25, 0.3) is 0 Å². The summed E-state index contributed by atoms with van der Waals surface area (Å²) in [4.78, 5) is 10.2. The van der Waals surface area contributed by atoms with E-state index in [1.54, 1.807) is 0 Å². The van der Waals surface area contributed by atoms with E-state index in [4.69, 9.17) is 4.74 Å². The van der Waals surface area contributed by atoms with Crippen LogP contribution in [-0.4, -0.2) is 11.6 Å². The Morgan fingerprint density at radius 2 is 1.39 bits per heavy atom. The van der Waals surface area contributed by atoms with Crippen LogP contribution in [0.5, 0.6) is 0 Å². The van der Waals surface area contributed by atoms with Crippen LogP contribution in [0, 0.1) is 5.41 Å². The van der Waals surface area contributed by atoms with Crippen LogP contribution < -0.4 is 0 Å². The highest BCUT2D eigenvalue weighted by atomic mass is 16.6. The molecular weight excluding hydrogens is 224 g/mol. The van der Waals surface area contributed by atoms with Crippen molar-refractivity contribution in [3.8, 4) is 0 Å². The lowest BCUT2D eigenvalue weighted by Gasteiger charge is -2.28. The van der Waals surface area contributed by atoms with Crippen molar-refractivity contribution >= 4 is 5.97 Å². The first kappa shape index (κ1) is 19.8. The van der Waals surface area contributed by atoms with Crippen molar-refractivity contribution in [1.29, 1.82) is 0 Å². The average Bonchev–Trinajstić information content (AvgIpc) is 2.17. The van der Waals surface area contributed by atoms with E-state index in [1.165, 1.54) is 39.0 Å². The first-order valence-electron chi connectivity index (χ1n) is 7.32. The number of hydrogen-bond acceptors (Lipinski definition) is 2. The molecule has 0 bridgehead atoms. The van der Waals surface area contributed by atoms with Crippen LogP contribution in [0.3, 0.4) is 0 Å². The zero-order chi connectivity index (χ0) is 14.8. The third kappa shape index (κ3) is 15.5. The van der Waals surface area contributed by atoms with Crippen molar-refractivity contribution in [3.63, 3.8) is 0 Å². The molecule has 2 heteroatoms. The molecule has 1 aliphatic carbocycles. The fraction of sp³-hybridized carbons (Fsp3) is 0.938.